The first kappa shape index (κ1) is 15.3. The van der Waals surface area contributed by atoms with Crippen molar-refractivity contribution in [1.82, 2.24) is 5.32 Å². The van der Waals surface area contributed by atoms with E-state index < -0.39 is 23.3 Å². The summed E-state index contributed by atoms with van der Waals surface area (Å²) >= 11 is 5.85. The fourth-order valence-electron chi connectivity index (χ4n) is 1.54. The number of benzene rings is 1. The lowest BCUT2D eigenvalue weighted by Gasteiger charge is -2.27. The van der Waals surface area contributed by atoms with Gasteiger partial charge in [0.1, 0.15) is 11.8 Å². The molecule has 5 nitrogen and oxygen atoms in total. The molecule has 19 heavy (non-hydrogen) atoms. The molecule has 104 valence electrons. The van der Waals surface area contributed by atoms with Crippen molar-refractivity contribution in [3.8, 4) is 5.75 Å². The van der Waals surface area contributed by atoms with E-state index in [4.69, 9.17) is 16.7 Å². The zero-order chi connectivity index (χ0) is 14.8. The number of rotatable bonds is 3. The molecule has 0 aliphatic rings. The molecule has 0 spiro atoms. The third kappa shape index (κ3) is 3.86. The Morgan fingerprint density at radius 2 is 1.89 bits per heavy atom. The van der Waals surface area contributed by atoms with Gasteiger partial charge in [-0.1, -0.05) is 32.4 Å². The number of carboxylic acids is 1. The van der Waals surface area contributed by atoms with Crippen LogP contribution < -0.4 is 5.32 Å². The molecule has 0 aliphatic heterocycles. The van der Waals surface area contributed by atoms with Crippen LogP contribution in [0.3, 0.4) is 0 Å². The van der Waals surface area contributed by atoms with Crippen LogP contribution in [0.5, 0.6) is 5.75 Å². The second kappa shape index (κ2) is 5.48. The topological polar surface area (TPSA) is 86.6 Å². The number of phenolic OH excluding ortho intramolecular Hbond substituents is 1. The lowest BCUT2D eigenvalue weighted by atomic mass is 9.86. The Bertz CT molecular complexity index is 508. The maximum Gasteiger partial charge on any atom is 0.326 e. The Labute approximate surface area is 116 Å². The number of amides is 1. The molecule has 0 radical (unpaired) electrons. The van der Waals surface area contributed by atoms with E-state index in [1.165, 1.54) is 18.2 Å². The lowest BCUT2D eigenvalue weighted by Crippen LogP contribution is -2.49. The smallest absolute Gasteiger partial charge is 0.326 e. The van der Waals surface area contributed by atoms with Gasteiger partial charge in [-0.15, -0.1) is 0 Å². The van der Waals surface area contributed by atoms with Crippen LogP contribution in [0, 0.1) is 5.41 Å². The molecule has 0 heterocycles. The van der Waals surface area contributed by atoms with E-state index in [2.05, 4.69) is 5.32 Å². The first-order valence-electron chi connectivity index (χ1n) is 5.65. The fourth-order valence-corrected chi connectivity index (χ4v) is 1.75. The molecule has 0 fully saturated rings. The second-order valence-electron chi connectivity index (χ2n) is 5.27. The van der Waals surface area contributed by atoms with Gasteiger partial charge >= 0.3 is 5.97 Å². The first-order valence-corrected chi connectivity index (χ1v) is 6.03. The number of aliphatic carboxylic acids is 1. The zero-order valence-corrected chi connectivity index (χ0v) is 11.7. The number of carbonyl (C=O) groups excluding carboxylic acids is 1. The number of nitrogens with one attached hydrogen (secondary N) is 1. The number of hydrogen-bond acceptors (Lipinski definition) is 3. The SMILES string of the molecule is CC(C)(C)[C@@H](NC(=O)c1cc(O)ccc1Cl)C(=O)O. The van der Waals surface area contributed by atoms with Crippen molar-refractivity contribution in [2.45, 2.75) is 26.8 Å². The molecule has 0 bridgehead atoms. The average Bonchev–Trinajstić information content (AvgIpc) is 2.26. The largest absolute Gasteiger partial charge is 0.508 e. The minimum absolute atomic E-state index is 0.0390. The van der Waals surface area contributed by atoms with Crippen LogP contribution in [-0.4, -0.2) is 28.1 Å². The fraction of sp³-hybridized carbons (Fsp3) is 0.385. The van der Waals surface area contributed by atoms with Crippen LogP contribution in [-0.2, 0) is 4.79 Å². The normalized spacial score (nSPS) is 12.8. The van der Waals surface area contributed by atoms with Crippen molar-refractivity contribution in [1.29, 1.82) is 0 Å². The lowest BCUT2D eigenvalue weighted by molar-refractivity contribution is -0.142. The minimum Gasteiger partial charge on any atom is -0.508 e. The summed E-state index contributed by atoms with van der Waals surface area (Å²) in [7, 11) is 0. The highest BCUT2D eigenvalue weighted by atomic mass is 35.5. The van der Waals surface area contributed by atoms with Gasteiger partial charge in [-0.25, -0.2) is 4.79 Å². The highest BCUT2D eigenvalue weighted by Gasteiger charge is 2.33. The van der Waals surface area contributed by atoms with Gasteiger partial charge in [0.2, 0.25) is 0 Å². The van der Waals surface area contributed by atoms with Crippen LogP contribution in [0.2, 0.25) is 5.02 Å². The average molecular weight is 286 g/mol. The van der Waals surface area contributed by atoms with E-state index in [0.717, 1.165) is 0 Å². The summed E-state index contributed by atoms with van der Waals surface area (Å²) in [4.78, 5) is 23.2. The first-order chi connectivity index (χ1) is 8.62. The molecular formula is C13H16ClNO4. The number of carboxylic acid groups (broad SMARTS) is 1. The maximum atomic E-state index is 12.0. The van der Waals surface area contributed by atoms with E-state index in [0.29, 0.717) is 0 Å². The Hall–Kier alpha value is -1.75. The number of carbonyl (C=O) groups is 2. The highest BCUT2D eigenvalue weighted by Crippen LogP contribution is 2.23. The van der Waals surface area contributed by atoms with Gasteiger partial charge in [-0.3, -0.25) is 4.79 Å². The molecule has 0 aliphatic carbocycles. The molecule has 1 rings (SSSR count). The molecule has 1 amide bonds. The van der Waals surface area contributed by atoms with Gasteiger partial charge in [0, 0.05) is 0 Å². The molecule has 1 aromatic carbocycles. The van der Waals surface area contributed by atoms with Gasteiger partial charge in [-0.2, -0.15) is 0 Å². The highest BCUT2D eigenvalue weighted by molar-refractivity contribution is 6.33. The van der Waals surface area contributed by atoms with E-state index in [-0.39, 0.29) is 16.3 Å². The zero-order valence-electron chi connectivity index (χ0n) is 10.9. The maximum absolute atomic E-state index is 12.0. The third-order valence-corrected chi connectivity index (χ3v) is 2.91. The Balaban J connectivity index is 3.01. The summed E-state index contributed by atoms with van der Waals surface area (Å²) in [5.41, 5.74) is -0.609. The van der Waals surface area contributed by atoms with Crippen LogP contribution in [0.1, 0.15) is 31.1 Å². The number of halogens is 1. The van der Waals surface area contributed by atoms with E-state index in [1.54, 1.807) is 20.8 Å². The predicted octanol–water partition coefficient (Wildman–Crippen LogP) is 2.27. The Kier molecular flexibility index (Phi) is 4.42. The van der Waals surface area contributed by atoms with Gasteiger partial charge in [-0.05, 0) is 23.6 Å². The van der Waals surface area contributed by atoms with Crippen LogP contribution in [0.25, 0.3) is 0 Å². The third-order valence-electron chi connectivity index (χ3n) is 2.58. The van der Waals surface area contributed by atoms with Crippen LogP contribution in [0.4, 0.5) is 0 Å². The number of phenols is 1. The second-order valence-corrected chi connectivity index (χ2v) is 5.68. The Morgan fingerprint density at radius 1 is 1.32 bits per heavy atom. The molecule has 1 aromatic rings. The molecular weight excluding hydrogens is 270 g/mol. The van der Waals surface area contributed by atoms with Crippen LogP contribution in [0.15, 0.2) is 18.2 Å². The molecule has 0 aromatic heterocycles. The summed E-state index contributed by atoms with van der Waals surface area (Å²) in [5.74, 6) is -1.88. The monoisotopic (exact) mass is 285 g/mol. The van der Waals surface area contributed by atoms with Crippen LogP contribution >= 0.6 is 11.6 Å². The molecule has 3 N–H and O–H groups in total. The quantitative estimate of drug-likeness (QED) is 0.795. The minimum atomic E-state index is -1.13. The van der Waals surface area contributed by atoms with Crippen molar-refractivity contribution >= 4 is 23.5 Å². The van der Waals surface area contributed by atoms with Gasteiger partial charge < -0.3 is 15.5 Å². The summed E-state index contributed by atoms with van der Waals surface area (Å²) in [6.07, 6.45) is 0. The van der Waals surface area contributed by atoms with Crippen molar-refractivity contribution in [2.24, 2.45) is 5.41 Å². The van der Waals surface area contributed by atoms with Crippen molar-refractivity contribution in [2.75, 3.05) is 0 Å². The molecule has 1 atom stereocenters. The molecule has 0 saturated heterocycles. The van der Waals surface area contributed by atoms with E-state index in [1.807, 2.05) is 0 Å². The summed E-state index contributed by atoms with van der Waals surface area (Å²) in [6, 6.07) is 2.86. The number of hydrogen-bond donors (Lipinski definition) is 3. The van der Waals surface area contributed by atoms with Crippen molar-refractivity contribution < 1.29 is 19.8 Å². The molecule has 6 heteroatoms. The predicted molar refractivity (Wildman–Crippen MR) is 71.5 cm³/mol. The van der Waals surface area contributed by atoms with Gasteiger partial charge in [0.25, 0.3) is 5.91 Å². The standard InChI is InChI=1S/C13H16ClNO4/c1-13(2,3)10(12(18)19)15-11(17)8-6-7(16)4-5-9(8)14/h4-6,10,16H,1-3H3,(H,15,17)(H,18,19)/t10-/m0/s1. The Morgan fingerprint density at radius 3 is 2.37 bits per heavy atom. The van der Waals surface area contributed by atoms with Gasteiger partial charge in [0.15, 0.2) is 0 Å². The summed E-state index contributed by atoms with van der Waals surface area (Å²) < 4.78 is 0. The van der Waals surface area contributed by atoms with E-state index >= 15 is 0 Å². The summed E-state index contributed by atoms with van der Waals surface area (Å²) in [5, 5.41) is 21.0. The van der Waals surface area contributed by atoms with E-state index in [9.17, 15) is 14.7 Å². The van der Waals surface area contributed by atoms with Crippen molar-refractivity contribution in [3.63, 3.8) is 0 Å². The van der Waals surface area contributed by atoms with Crippen molar-refractivity contribution in [3.05, 3.63) is 28.8 Å². The summed E-state index contributed by atoms with van der Waals surface area (Å²) in [6.45, 7) is 5.11. The number of aromatic hydroxyl groups is 1. The molecule has 0 unspecified atom stereocenters. The molecule has 0 saturated carbocycles. The van der Waals surface area contributed by atoms with Gasteiger partial charge in [0.05, 0.1) is 10.6 Å².